The number of imidazole rings is 1. The summed E-state index contributed by atoms with van der Waals surface area (Å²) in [5.41, 5.74) is 0. The molecule has 2 aromatic heterocycles. The molecule has 2 fully saturated rings. The number of urea groups is 1. The van der Waals surface area contributed by atoms with Crippen LogP contribution < -0.4 is 5.32 Å². The van der Waals surface area contributed by atoms with Gasteiger partial charge in [-0.3, -0.25) is 0 Å². The van der Waals surface area contributed by atoms with Crippen LogP contribution in [0.5, 0.6) is 0 Å². The lowest BCUT2D eigenvalue weighted by Gasteiger charge is -2.34. The van der Waals surface area contributed by atoms with E-state index in [-0.39, 0.29) is 11.9 Å². The van der Waals surface area contributed by atoms with Gasteiger partial charge >= 0.3 is 6.03 Å². The van der Waals surface area contributed by atoms with Gasteiger partial charge in [-0.2, -0.15) is 0 Å². The van der Waals surface area contributed by atoms with Crippen molar-refractivity contribution < 1.29 is 4.79 Å². The van der Waals surface area contributed by atoms with Crippen LogP contribution in [0.15, 0.2) is 18.7 Å². The summed E-state index contributed by atoms with van der Waals surface area (Å²) >= 11 is 0. The Balaban J connectivity index is 1.39. The maximum Gasteiger partial charge on any atom is 0.317 e. The highest BCUT2D eigenvalue weighted by molar-refractivity contribution is 5.74. The molecule has 1 aliphatic heterocycles. The predicted molar refractivity (Wildman–Crippen MR) is 101 cm³/mol. The molecular formula is C19H29N7O. The third-order valence-corrected chi connectivity index (χ3v) is 5.89. The Kier molecular flexibility index (Phi) is 5.40. The van der Waals surface area contributed by atoms with Gasteiger partial charge in [-0.25, -0.2) is 9.78 Å². The Labute approximate surface area is 160 Å². The van der Waals surface area contributed by atoms with Crippen molar-refractivity contribution in [1.82, 2.24) is 34.5 Å². The van der Waals surface area contributed by atoms with E-state index in [9.17, 15) is 4.79 Å². The summed E-state index contributed by atoms with van der Waals surface area (Å²) in [6.45, 7) is 2.20. The minimum atomic E-state index is 0.0902. The number of carbonyl (C=O) groups is 1. The molecule has 1 N–H and O–H groups in total. The lowest BCUT2D eigenvalue weighted by Crippen LogP contribution is -2.48. The van der Waals surface area contributed by atoms with E-state index in [1.165, 1.54) is 19.3 Å². The fourth-order valence-electron chi connectivity index (χ4n) is 4.30. The lowest BCUT2D eigenvalue weighted by molar-refractivity contribution is 0.171. The molecule has 2 aliphatic rings. The Morgan fingerprint density at radius 1 is 1.19 bits per heavy atom. The van der Waals surface area contributed by atoms with E-state index in [0.717, 1.165) is 50.4 Å². The molecule has 1 saturated heterocycles. The molecule has 1 unspecified atom stereocenters. The van der Waals surface area contributed by atoms with Crippen molar-refractivity contribution in [2.24, 2.45) is 7.05 Å². The van der Waals surface area contributed by atoms with E-state index in [0.29, 0.717) is 12.6 Å². The monoisotopic (exact) mass is 371 g/mol. The number of aromatic nitrogens is 5. The van der Waals surface area contributed by atoms with Gasteiger partial charge in [0.05, 0.1) is 12.9 Å². The first kappa shape index (κ1) is 18.0. The van der Waals surface area contributed by atoms with Gasteiger partial charge in [0.1, 0.15) is 5.82 Å². The normalized spacial score (nSPS) is 21.4. The fourth-order valence-corrected chi connectivity index (χ4v) is 4.30. The van der Waals surface area contributed by atoms with Gasteiger partial charge in [-0.15, -0.1) is 10.2 Å². The van der Waals surface area contributed by atoms with E-state index in [1.807, 2.05) is 22.7 Å². The summed E-state index contributed by atoms with van der Waals surface area (Å²) in [5, 5.41) is 12.1. The number of rotatable bonds is 4. The number of likely N-dealkylation sites (tertiary alicyclic amines) is 1. The molecular weight excluding hydrogens is 342 g/mol. The van der Waals surface area contributed by atoms with Gasteiger partial charge < -0.3 is 19.4 Å². The average Bonchev–Trinajstić information content (AvgIpc) is 3.33. The third-order valence-electron chi connectivity index (χ3n) is 5.89. The Hall–Kier alpha value is -2.38. The average molecular weight is 371 g/mol. The van der Waals surface area contributed by atoms with E-state index in [2.05, 4.69) is 25.1 Å². The molecule has 2 amide bonds. The van der Waals surface area contributed by atoms with Crippen LogP contribution in [0.1, 0.15) is 62.5 Å². The van der Waals surface area contributed by atoms with E-state index < -0.39 is 0 Å². The van der Waals surface area contributed by atoms with Crippen LogP contribution >= 0.6 is 0 Å². The zero-order valence-electron chi connectivity index (χ0n) is 16.0. The number of piperidine rings is 1. The zero-order valence-corrected chi connectivity index (χ0v) is 16.0. The largest absolute Gasteiger partial charge is 0.335 e. The highest BCUT2D eigenvalue weighted by Gasteiger charge is 2.29. The highest BCUT2D eigenvalue weighted by Crippen LogP contribution is 2.26. The Morgan fingerprint density at radius 2 is 2.04 bits per heavy atom. The van der Waals surface area contributed by atoms with Crippen molar-refractivity contribution in [3.63, 3.8) is 0 Å². The first-order valence-electron chi connectivity index (χ1n) is 10.1. The number of nitrogens with one attached hydrogen (secondary N) is 1. The SMILES string of the molecule is Cn1c(Cn2ccnc2)nnc1C1CCCN(C(=O)NC2CCCCC2)C1. The van der Waals surface area contributed by atoms with Crippen LogP contribution in [0, 0.1) is 0 Å². The van der Waals surface area contributed by atoms with Gasteiger partial charge in [0.2, 0.25) is 0 Å². The Morgan fingerprint density at radius 3 is 2.81 bits per heavy atom. The summed E-state index contributed by atoms with van der Waals surface area (Å²) in [4.78, 5) is 18.7. The molecule has 1 aliphatic carbocycles. The molecule has 1 atom stereocenters. The molecule has 8 nitrogen and oxygen atoms in total. The molecule has 3 heterocycles. The molecule has 0 bridgehead atoms. The van der Waals surface area contributed by atoms with Crippen molar-refractivity contribution in [3.05, 3.63) is 30.4 Å². The molecule has 8 heteroatoms. The number of amides is 2. The van der Waals surface area contributed by atoms with Crippen molar-refractivity contribution in [2.45, 2.75) is 63.5 Å². The molecule has 0 radical (unpaired) electrons. The van der Waals surface area contributed by atoms with Crippen LogP contribution in [0.2, 0.25) is 0 Å². The number of hydrogen-bond acceptors (Lipinski definition) is 4. The summed E-state index contributed by atoms with van der Waals surface area (Å²) < 4.78 is 4.06. The molecule has 0 aromatic carbocycles. The number of hydrogen-bond donors (Lipinski definition) is 1. The highest BCUT2D eigenvalue weighted by atomic mass is 16.2. The number of nitrogens with zero attached hydrogens (tertiary/aromatic N) is 6. The van der Waals surface area contributed by atoms with Gasteiger partial charge in [0.25, 0.3) is 0 Å². The van der Waals surface area contributed by atoms with E-state index in [4.69, 9.17) is 0 Å². The Bertz CT molecular complexity index is 748. The van der Waals surface area contributed by atoms with Crippen molar-refractivity contribution in [1.29, 1.82) is 0 Å². The first-order valence-corrected chi connectivity index (χ1v) is 10.1. The lowest BCUT2D eigenvalue weighted by atomic mass is 9.95. The van der Waals surface area contributed by atoms with E-state index in [1.54, 1.807) is 12.5 Å². The standard InChI is InChI=1S/C19H29N7O/c1-24-17(13-25-11-9-20-14-25)22-23-18(24)15-6-5-10-26(12-15)19(27)21-16-7-3-2-4-8-16/h9,11,14-16H,2-8,10,12-13H2,1H3,(H,21,27). The fraction of sp³-hybridized carbons (Fsp3) is 0.684. The molecule has 2 aromatic rings. The van der Waals surface area contributed by atoms with Gasteiger partial charge in [0.15, 0.2) is 5.82 Å². The third kappa shape index (κ3) is 4.14. The van der Waals surface area contributed by atoms with E-state index >= 15 is 0 Å². The minimum Gasteiger partial charge on any atom is -0.335 e. The van der Waals surface area contributed by atoms with Gasteiger partial charge in [-0.05, 0) is 25.7 Å². The smallest absolute Gasteiger partial charge is 0.317 e. The van der Waals surface area contributed by atoms with Gasteiger partial charge in [-0.1, -0.05) is 19.3 Å². The minimum absolute atomic E-state index is 0.0902. The molecule has 0 spiro atoms. The van der Waals surface area contributed by atoms with Crippen molar-refractivity contribution in [2.75, 3.05) is 13.1 Å². The summed E-state index contributed by atoms with van der Waals surface area (Å²) in [6.07, 6.45) is 13.5. The first-order chi connectivity index (χ1) is 13.2. The topological polar surface area (TPSA) is 80.9 Å². The summed E-state index contributed by atoms with van der Waals surface area (Å²) in [7, 11) is 2.02. The summed E-state index contributed by atoms with van der Waals surface area (Å²) in [6, 6.07) is 0.440. The van der Waals surface area contributed by atoms with Crippen molar-refractivity contribution in [3.8, 4) is 0 Å². The maximum absolute atomic E-state index is 12.7. The summed E-state index contributed by atoms with van der Waals surface area (Å²) in [5.74, 6) is 2.12. The second-order valence-corrected chi connectivity index (χ2v) is 7.84. The van der Waals surface area contributed by atoms with Crippen LogP contribution in [0.4, 0.5) is 4.79 Å². The molecule has 1 saturated carbocycles. The van der Waals surface area contributed by atoms with Crippen LogP contribution in [0.25, 0.3) is 0 Å². The maximum atomic E-state index is 12.7. The zero-order chi connectivity index (χ0) is 18.6. The van der Waals surface area contributed by atoms with Crippen molar-refractivity contribution >= 4 is 6.03 Å². The van der Waals surface area contributed by atoms with Gasteiger partial charge in [0, 0.05) is 44.5 Å². The second-order valence-electron chi connectivity index (χ2n) is 7.84. The molecule has 4 rings (SSSR count). The van der Waals surface area contributed by atoms with Crippen LogP contribution in [-0.4, -0.2) is 54.4 Å². The predicted octanol–water partition coefficient (Wildman–Crippen LogP) is 2.28. The molecule has 146 valence electrons. The number of carbonyl (C=O) groups excluding carboxylic acids is 1. The second kappa shape index (κ2) is 8.10. The quantitative estimate of drug-likeness (QED) is 0.894. The van der Waals surface area contributed by atoms with Crippen LogP contribution in [0.3, 0.4) is 0 Å². The van der Waals surface area contributed by atoms with Crippen LogP contribution in [-0.2, 0) is 13.6 Å². The molecule has 27 heavy (non-hydrogen) atoms.